The van der Waals surface area contributed by atoms with E-state index in [-0.39, 0.29) is 5.91 Å². The molecule has 0 saturated carbocycles. The highest BCUT2D eigenvalue weighted by atomic mass is 79.9. The molecule has 25 heavy (non-hydrogen) atoms. The minimum Gasteiger partial charge on any atom is -0.494 e. The maximum atomic E-state index is 12.7. The van der Waals surface area contributed by atoms with Gasteiger partial charge in [-0.05, 0) is 50.2 Å². The second-order valence-corrected chi connectivity index (χ2v) is 6.30. The zero-order valence-electron chi connectivity index (χ0n) is 13.9. The van der Waals surface area contributed by atoms with Crippen molar-refractivity contribution in [3.05, 3.63) is 64.3 Å². The number of rotatable bonds is 5. The van der Waals surface area contributed by atoms with Gasteiger partial charge in [0.25, 0.3) is 5.91 Å². The first-order valence-electron chi connectivity index (χ1n) is 7.85. The van der Waals surface area contributed by atoms with Crippen LogP contribution < -0.4 is 10.1 Å². The van der Waals surface area contributed by atoms with Crippen molar-refractivity contribution < 1.29 is 14.1 Å². The van der Waals surface area contributed by atoms with E-state index in [0.717, 1.165) is 15.8 Å². The normalized spacial score (nSPS) is 10.5. The summed E-state index contributed by atoms with van der Waals surface area (Å²) < 4.78 is 11.6. The lowest BCUT2D eigenvalue weighted by Gasteiger charge is -2.08. The van der Waals surface area contributed by atoms with Gasteiger partial charge in [-0.3, -0.25) is 4.79 Å². The first-order valence-corrected chi connectivity index (χ1v) is 8.64. The number of anilines is 1. The van der Waals surface area contributed by atoms with Crippen LogP contribution in [0, 0.1) is 6.92 Å². The van der Waals surface area contributed by atoms with Gasteiger partial charge in [-0.25, -0.2) is 0 Å². The Morgan fingerprint density at radius 3 is 2.68 bits per heavy atom. The van der Waals surface area contributed by atoms with Crippen LogP contribution >= 0.6 is 15.9 Å². The van der Waals surface area contributed by atoms with Gasteiger partial charge in [-0.15, -0.1) is 0 Å². The van der Waals surface area contributed by atoms with E-state index >= 15 is 0 Å². The Hall–Kier alpha value is -2.60. The van der Waals surface area contributed by atoms with Crippen LogP contribution in [0.1, 0.15) is 23.0 Å². The van der Waals surface area contributed by atoms with Crippen molar-refractivity contribution in [3.63, 3.8) is 0 Å². The average Bonchev–Trinajstić information content (AvgIpc) is 2.98. The van der Waals surface area contributed by atoms with Gasteiger partial charge in [0.2, 0.25) is 0 Å². The smallest absolute Gasteiger partial charge is 0.261 e. The molecule has 0 unspecified atom stereocenters. The van der Waals surface area contributed by atoms with Crippen molar-refractivity contribution >= 4 is 27.5 Å². The first kappa shape index (κ1) is 17.2. The zero-order valence-corrected chi connectivity index (χ0v) is 15.5. The Morgan fingerprint density at radius 1 is 1.24 bits per heavy atom. The Kier molecular flexibility index (Phi) is 5.19. The SMILES string of the molecule is CCOc1ccc(NC(=O)c2c(-c3cccc(Br)c3)noc2C)cc1. The number of benzene rings is 2. The molecule has 3 aromatic rings. The van der Waals surface area contributed by atoms with Crippen molar-refractivity contribution in [2.24, 2.45) is 0 Å². The molecule has 1 amide bonds. The Bertz CT molecular complexity index is 888. The summed E-state index contributed by atoms with van der Waals surface area (Å²) >= 11 is 3.43. The van der Waals surface area contributed by atoms with E-state index < -0.39 is 0 Å². The van der Waals surface area contributed by atoms with E-state index in [0.29, 0.717) is 29.3 Å². The third-order valence-corrected chi connectivity index (χ3v) is 4.10. The molecular formula is C19H17BrN2O3. The lowest BCUT2D eigenvalue weighted by Crippen LogP contribution is -2.13. The van der Waals surface area contributed by atoms with Crippen LogP contribution in [0.15, 0.2) is 57.5 Å². The summed E-state index contributed by atoms with van der Waals surface area (Å²) in [6, 6.07) is 14.8. The van der Waals surface area contributed by atoms with E-state index in [1.54, 1.807) is 19.1 Å². The molecule has 1 N–H and O–H groups in total. The average molecular weight is 401 g/mol. The van der Waals surface area contributed by atoms with Gasteiger partial charge < -0.3 is 14.6 Å². The molecule has 5 nitrogen and oxygen atoms in total. The highest BCUT2D eigenvalue weighted by molar-refractivity contribution is 9.10. The summed E-state index contributed by atoms with van der Waals surface area (Å²) in [5, 5.41) is 6.92. The van der Waals surface area contributed by atoms with E-state index in [2.05, 4.69) is 26.4 Å². The number of halogens is 1. The van der Waals surface area contributed by atoms with Gasteiger partial charge in [-0.1, -0.05) is 33.2 Å². The Balaban J connectivity index is 1.86. The topological polar surface area (TPSA) is 64.4 Å². The molecule has 0 fully saturated rings. The molecule has 0 radical (unpaired) electrons. The van der Waals surface area contributed by atoms with Crippen LogP contribution in [0.5, 0.6) is 5.75 Å². The minimum atomic E-state index is -0.266. The third-order valence-electron chi connectivity index (χ3n) is 3.61. The number of hydrogen-bond donors (Lipinski definition) is 1. The van der Waals surface area contributed by atoms with Crippen molar-refractivity contribution in [2.75, 3.05) is 11.9 Å². The number of ether oxygens (including phenoxy) is 1. The van der Waals surface area contributed by atoms with Crippen LogP contribution in [0.3, 0.4) is 0 Å². The number of nitrogens with zero attached hydrogens (tertiary/aromatic N) is 1. The highest BCUT2D eigenvalue weighted by Crippen LogP contribution is 2.28. The van der Waals surface area contributed by atoms with Gasteiger partial charge in [0, 0.05) is 15.7 Å². The standard InChI is InChI=1S/C19H17BrN2O3/c1-3-24-16-9-7-15(8-10-16)21-19(23)17-12(2)25-22-18(17)13-5-4-6-14(20)11-13/h4-11H,3H2,1-2H3,(H,21,23). The first-order chi connectivity index (χ1) is 12.1. The zero-order chi connectivity index (χ0) is 17.8. The lowest BCUT2D eigenvalue weighted by molar-refractivity contribution is 0.102. The van der Waals surface area contributed by atoms with Gasteiger partial charge in [0.15, 0.2) is 0 Å². The molecule has 1 aromatic heterocycles. The summed E-state index contributed by atoms with van der Waals surface area (Å²) in [5.74, 6) is 0.966. The van der Waals surface area contributed by atoms with Crippen LogP contribution in [0.2, 0.25) is 0 Å². The van der Waals surface area contributed by atoms with Gasteiger partial charge in [-0.2, -0.15) is 0 Å². The number of nitrogens with one attached hydrogen (secondary N) is 1. The summed E-state index contributed by atoms with van der Waals surface area (Å²) in [7, 11) is 0. The predicted octanol–water partition coefficient (Wildman–Crippen LogP) is 5.06. The number of aryl methyl sites for hydroxylation is 1. The Labute approximate surface area is 154 Å². The van der Waals surface area contributed by atoms with Crippen molar-refractivity contribution in [3.8, 4) is 17.0 Å². The summed E-state index contributed by atoms with van der Waals surface area (Å²) in [5.41, 5.74) is 2.42. The van der Waals surface area contributed by atoms with Gasteiger partial charge in [0.05, 0.1) is 6.61 Å². The molecule has 2 aromatic carbocycles. The Morgan fingerprint density at radius 2 is 2.00 bits per heavy atom. The fourth-order valence-electron chi connectivity index (χ4n) is 2.47. The molecule has 3 rings (SSSR count). The van der Waals surface area contributed by atoms with E-state index in [1.165, 1.54) is 0 Å². The second-order valence-electron chi connectivity index (χ2n) is 5.38. The summed E-state index contributed by atoms with van der Waals surface area (Å²) in [4.78, 5) is 12.7. The van der Waals surface area contributed by atoms with Crippen LogP contribution in [-0.4, -0.2) is 17.7 Å². The molecule has 1 heterocycles. The maximum absolute atomic E-state index is 12.7. The molecule has 0 saturated heterocycles. The number of aromatic nitrogens is 1. The van der Waals surface area contributed by atoms with Crippen molar-refractivity contribution in [1.82, 2.24) is 5.16 Å². The monoisotopic (exact) mass is 400 g/mol. The molecule has 0 atom stereocenters. The summed E-state index contributed by atoms with van der Waals surface area (Å²) in [6.45, 7) is 4.25. The molecule has 128 valence electrons. The summed E-state index contributed by atoms with van der Waals surface area (Å²) in [6.07, 6.45) is 0. The predicted molar refractivity (Wildman–Crippen MR) is 99.9 cm³/mol. The fourth-order valence-corrected chi connectivity index (χ4v) is 2.87. The van der Waals surface area contributed by atoms with Crippen LogP contribution in [0.25, 0.3) is 11.3 Å². The minimum absolute atomic E-state index is 0.266. The van der Waals surface area contributed by atoms with Gasteiger partial charge >= 0.3 is 0 Å². The number of carbonyl (C=O) groups is 1. The number of carbonyl (C=O) groups excluding carboxylic acids is 1. The molecule has 6 heteroatoms. The van der Waals surface area contributed by atoms with E-state index in [4.69, 9.17) is 9.26 Å². The second kappa shape index (κ2) is 7.53. The number of hydrogen-bond acceptors (Lipinski definition) is 4. The molecule has 0 bridgehead atoms. The van der Waals surface area contributed by atoms with E-state index in [1.807, 2.05) is 43.3 Å². The maximum Gasteiger partial charge on any atom is 0.261 e. The molecule has 0 aliphatic rings. The molecule has 0 aliphatic heterocycles. The number of amides is 1. The highest BCUT2D eigenvalue weighted by Gasteiger charge is 2.21. The van der Waals surface area contributed by atoms with Crippen LogP contribution in [0.4, 0.5) is 5.69 Å². The van der Waals surface area contributed by atoms with Gasteiger partial charge in [0.1, 0.15) is 22.8 Å². The lowest BCUT2D eigenvalue weighted by atomic mass is 10.1. The molecular weight excluding hydrogens is 384 g/mol. The fraction of sp³-hybridized carbons (Fsp3) is 0.158. The largest absolute Gasteiger partial charge is 0.494 e. The van der Waals surface area contributed by atoms with E-state index in [9.17, 15) is 4.79 Å². The molecule has 0 spiro atoms. The van der Waals surface area contributed by atoms with Crippen LogP contribution in [-0.2, 0) is 0 Å². The van der Waals surface area contributed by atoms with Crippen molar-refractivity contribution in [2.45, 2.75) is 13.8 Å². The molecule has 0 aliphatic carbocycles. The third kappa shape index (κ3) is 3.91. The quantitative estimate of drug-likeness (QED) is 0.649. The van der Waals surface area contributed by atoms with Crippen molar-refractivity contribution in [1.29, 1.82) is 0 Å².